The molecule has 3 N–H and O–H groups in total. The van der Waals surface area contributed by atoms with E-state index in [0.717, 1.165) is 5.92 Å². The van der Waals surface area contributed by atoms with Gasteiger partial charge in [0.1, 0.15) is 0 Å². The molecule has 1 fully saturated rings. The molecule has 2 unspecified atom stereocenters. The molecule has 0 aromatic heterocycles. The van der Waals surface area contributed by atoms with E-state index in [-0.39, 0.29) is 0 Å². The van der Waals surface area contributed by atoms with Crippen LogP contribution in [0.4, 0.5) is 0 Å². The lowest BCUT2D eigenvalue weighted by molar-refractivity contribution is 0.204. The van der Waals surface area contributed by atoms with E-state index in [2.05, 4.69) is 26.2 Å². The molecule has 0 heterocycles. The summed E-state index contributed by atoms with van der Waals surface area (Å²) < 4.78 is 0. The van der Waals surface area contributed by atoms with Crippen LogP contribution >= 0.6 is 0 Å². The summed E-state index contributed by atoms with van der Waals surface area (Å²) in [6.07, 6.45) is 5.13. The molecule has 0 saturated heterocycles. The number of nitrogens with two attached hydrogens (primary N) is 1. The number of hydrogen-bond donors (Lipinski definition) is 2. The first-order valence-corrected chi connectivity index (χ1v) is 5.06. The van der Waals surface area contributed by atoms with E-state index < -0.39 is 0 Å². The lowest BCUT2D eigenvalue weighted by Crippen LogP contribution is -2.33. The standard InChI is InChI=1S/C10H22N2/c1-4-10(2,3)8-5-6-9(7-8)12-11/h8-9,12H,4-7,11H2,1-3H3. The van der Waals surface area contributed by atoms with E-state index in [1.54, 1.807) is 0 Å². The van der Waals surface area contributed by atoms with Gasteiger partial charge in [0, 0.05) is 6.04 Å². The van der Waals surface area contributed by atoms with Gasteiger partial charge in [-0.25, -0.2) is 0 Å². The lowest BCUT2D eigenvalue weighted by Gasteiger charge is -2.30. The second-order valence-electron chi connectivity index (χ2n) is 4.72. The molecule has 0 aliphatic heterocycles. The van der Waals surface area contributed by atoms with E-state index in [1.165, 1.54) is 25.7 Å². The highest BCUT2D eigenvalue weighted by Crippen LogP contribution is 2.41. The van der Waals surface area contributed by atoms with E-state index in [1.807, 2.05) is 0 Å². The molecular weight excluding hydrogens is 148 g/mol. The van der Waals surface area contributed by atoms with E-state index >= 15 is 0 Å². The monoisotopic (exact) mass is 170 g/mol. The minimum Gasteiger partial charge on any atom is -0.271 e. The Labute approximate surface area is 75.9 Å². The molecule has 1 aliphatic rings. The topological polar surface area (TPSA) is 38.0 Å². The molecule has 0 radical (unpaired) electrons. The predicted octanol–water partition coefficient (Wildman–Crippen LogP) is 2.05. The second kappa shape index (κ2) is 3.75. The second-order valence-corrected chi connectivity index (χ2v) is 4.72. The van der Waals surface area contributed by atoms with Crippen LogP contribution in [0.1, 0.15) is 46.5 Å². The average molecular weight is 170 g/mol. The van der Waals surface area contributed by atoms with Crippen LogP contribution in [0.3, 0.4) is 0 Å². The maximum atomic E-state index is 5.43. The van der Waals surface area contributed by atoms with Crippen LogP contribution in [-0.2, 0) is 0 Å². The van der Waals surface area contributed by atoms with Crippen LogP contribution in [0.15, 0.2) is 0 Å². The Balaban J connectivity index is 2.46. The largest absolute Gasteiger partial charge is 0.271 e. The maximum Gasteiger partial charge on any atom is 0.0213 e. The summed E-state index contributed by atoms with van der Waals surface area (Å²) in [6, 6.07) is 0.570. The van der Waals surface area contributed by atoms with Crippen LogP contribution in [0.25, 0.3) is 0 Å². The predicted molar refractivity (Wildman–Crippen MR) is 52.5 cm³/mol. The first-order valence-electron chi connectivity index (χ1n) is 5.06. The number of hydrazine groups is 1. The van der Waals surface area contributed by atoms with Gasteiger partial charge < -0.3 is 0 Å². The van der Waals surface area contributed by atoms with E-state index in [0.29, 0.717) is 11.5 Å². The smallest absolute Gasteiger partial charge is 0.0213 e. The lowest BCUT2D eigenvalue weighted by atomic mass is 9.76. The van der Waals surface area contributed by atoms with Gasteiger partial charge in [-0.15, -0.1) is 0 Å². The summed E-state index contributed by atoms with van der Waals surface area (Å²) >= 11 is 0. The van der Waals surface area contributed by atoms with Crippen molar-refractivity contribution in [3.8, 4) is 0 Å². The van der Waals surface area contributed by atoms with Crippen molar-refractivity contribution in [1.82, 2.24) is 5.43 Å². The van der Waals surface area contributed by atoms with Crippen molar-refractivity contribution >= 4 is 0 Å². The Kier molecular flexibility index (Phi) is 3.13. The van der Waals surface area contributed by atoms with Gasteiger partial charge in [0.15, 0.2) is 0 Å². The van der Waals surface area contributed by atoms with Crippen molar-refractivity contribution in [2.45, 2.75) is 52.5 Å². The zero-order valence-electron chi connectivity index (χ0n) is 8.56. The van der Waals surface area contributed by atoms with Crippen LogP contribution in [0.2, 0.25) is 0 Å². The summed E-state index contributed by atoms with van der Waals surface area (Å²) in [5.74, 6) is 6.30. The minimum absolute atomic E-state index is 0.506. The van der Waals surface area contributed by atoms with Gasteiger partial charge in [-0.1, -0.05) is 27.2 Å². The number of hydrogen-bond acceptors (Lipinski definition) is 2. The molecule has 0 aromatic carbocycles. The molecule has 2 atom stereocenters. The van der Waals surface area contributed by atoms with Crippen molar-refractivity contribution in [2.75, 3.05) is 0 Å². The van der Waals surface area contributed by atoms with E-state index in [4.69, 9.17) is 5.84 Å². The summed E-state index contributed by atoms with van der Waals surface area (Å²) in [5, 5.41) is 0. The highest BCUT2D eigenvalue weighted by atomic mass is 15.2. The Morgan fingerprint density at radius 2 is 2.08 bits per heavy atom. The number of rotatable bonds is 3. The SMILES string of the molecule is CCC(C)(C)C1CCC(NN)C1. The van der Waals surface area contributed by atoms with Crippen molar-refractivity contribution in [2.24, 2.45) is 17.2 Å². The normalized spacial score (nSPS) is 31.0. The zero-order valence-corrected chi connectivity index (χ0v) is 8.56. The van der Waals surface area contributed by atoms with Crippen molar-refractivity contribution in [1.29, 1.82) is 0 Å². The zero-order chi connectivity index (χ0) is 9.19. The molecule has 1 saturated carbocycles. The molecular formula is C10H22N2. The molecule has 0 bridgehead atoms. The Bertz CT molecular complexity index is 143. The van der Waals surface area contributed by atoms with Gasteiger partial charge in [0.25, 0.3) is 0 Å². The van der Waals surface area contributed by atoms with Gasteiger partial charge in [-0.05, 0) is 30.6 Å². The summed E-state index contributed by atoms with van der Waals surface area (Å²) in [4.78, 5) is 0. The molecule has 1 aliphatic carbocycles. The molecule has 2 nitrogen and oxygen atoms in total. The quantitative estimate of drug-likeness (QED) is 0.502. The molecule has 0 spiro atoms. The van der Waals surface area contributed by atoms with Gasteiger partial charge in [-0.3, -0.25) is 11.3 Å². The third kappa shape index (κ3) is 1.99. The van der Waals surface area contributed by atoms with Crippen molar-refractivity contribution in [3.63, 3.8) is 0 Å². The first kappa shape index (κ1) is 10.0. The molecule has 0 amide bonds. The molecule has 2 heteroatoms. The maximum absolute atomic E-state index is 5.43. The number of nitrogens with one attached hydrogen (secondary N) is 1. The van der Waals surface area contributed by atoms with Crippen molar-refractivity contribution in [3.05, 3.63) is 0 Å². The molecule has 72 valence electrons. The first-order chi connectivity index (χ1) is 5.60. The van der Waals surface area contributed by atoms with Crippen molar-refractivity contribution < 1.29 is 0 Å². The Morgan fingerprint density at radius 1 is 1.42 bits per heavy atom. The third-order valence-electron chi connectivity index (χ3n) is 3.68. The molecule has 1 rings (SSSR count). The van der Waals surface area contributed by atoms with E-state index in [9.17, 15) is 0 Å². The molecule has 0 aromatic rings. The highest BCUT2D eigenvalue weighted by Gasteiger charge is 2.34. The third-order valence-corrected chi connectivity index (χ3v) is 3.68. The van der Waals surface area contributed by atoms with Crippen LogP contribution in [-0.4, -0.2) is 6.04 Å². The summed E-state index contributed by atoms with van der Waals surface area (Å²) in [7, 11) is 0. The Hall–Kier alpha value is -0.0800. The van der Waals surface area contributed by atoms with Gasteiger partial charge in [0.2, 0.25) is 0 Å². The summed E-state index contributed by atoms with van der Waals surface area (Å²) in [6.45, 7) is 7.02. The fourth-order valence-electron chi connectivity index (χ4n) is 2.13. The van der Waals surface area contributed by atoms with Crippen LogP contribution in [0.5, 0.6) is 0 Å². The highest BCUT2D eigenvalue weighted by molar-refractivity contribution is 4.87. The van der Waals surface area contributed by atoms with Crippen LogP contribution < -0.4 is 11.3 Å². The summed E-state index contributed by atoms with van der Waals surface area (Å²) in [5.41, 5.74) is 3.40. The Morgan fingerprint density at radius 3 is 2.50 bits per heavy atom. The van der Waals surface area contributed by atoms with Gasteiger partial charge >= 0.3 is 0 Å². The molecule has 12 heavy (non-hydrogen) atoms. The fourth-order valence-corrected chi connectivity index (χ4v) is 2.13. The minimum atomic E-state index is 0.506. The van der Waals surface area contributed by atoms with Gasteiger partial charge in [-0.2, -0.15) is 0 Å². The van der Waals surface area contributed by atoms with Gasteiger partial charge in [0.05, 0.1) is 0 Å². The fraction of sp³-hybridized carbons (Fsp3) is 1.00. The average Bonchev–Trinajstić information content (AvgIpc) is 2.52. The van der Waals surface area contributed by atoms with Crippen LogP contribution in [0, 0.1) is 11.3 Å².